The molecule has 2 rings (SSSR count). The molecule has 1 saturated heterocycles. The second-order valence-electron chi connectivity index (χ2n) is 5.11. The van der Waals surface area contributed by atoms with Gasteiger partial charge in [0.1, 0.15) is 12.4 Å². The summed E-state index contributed by atoms with van der Waals surface area (Å²) >= 11 is 0. The van der Waals surface area contributed by atoms with Crippen LogP contribution in [0.3, 0.4) is 0 Å². The molecule has 1 aliphatic rings. The standard InChI is InChI=1S/C15H17NO6/c1-9(6-13(17)18)14(19)10-2-4-11(5-3-10)21-8-12-7-16-15(20)22-12/h2-5,9,12H,6-8H2,1H3,(H,16,20)(H,17,18). The molecular weight excluding hydrogens is 290 g/mol. The first-order chi connectivity index (χ1) is 10.5. The molecule has 2 unspecified atom stereocenters. The average molecular weight is 307 g/mol. The maximum absolute atomic E-state index is 12.0. The van der Waals surface area contributed by atoms with Crippen molar-refractivity contribution >= 4 is 17.8 Å². The van der Waals surface area contributed by atoms with Crippen molar-refractivity contribution in [1.29, 1.82) is 0 Å². The average Bonchev–Trinajstić information content (AvgIpc) is 2.90. The summed E-state index contributed by atoms with van der Waals surface area (Å²) < 4.78 is 10.4. The topological polar surface area (TPSA) is 102 Å². The Morgan fingerprint density at radius 2 is 2.09 bits per heavy atom. The molecule has 2 N–H and O–H groups in total. The Morgan fingerprint density at radius 1 is 1.41 bits per heavy atom. The highest BCUT2D eigenvalue weighted by molar-refractivity contribution is 5.99. The zero-order chi connectivity index (χ0) is 16.1. The molecule has 0 saturated carbocycles. The Kier molecular flexibility index (Phi) is 4.98. The van der Waals surface area contributed by atoms with Gasteiger partial charge in [-0.05, 0) is 24.3 Å². The molecule has 0 bridgehead atoms. The number of rotatable bonds is 7. The summed E-state index contributed by atoms with van der Waals surface area (Å²) in [6.45, 7) is 2.21. The van der Waals surface area contributed by atoms with E-state index in [4.69, 9.17) is 14.6 Å². The number of nitrogens with one attached hydrogen (secondary N) is 1. The van der Waals surface area contributed by atoms with Gasteiger partial charge in [-0.1, -0.05) is 6.92 Å². The second-order valence-corrected chi connectivity index (χ2v) is 5.11. The molecule has 22 heavy (non-hydrogen) atoms. The lowest BCUT2D eigenvalue weighted by atomic mass is 9.96. The maximum Gasteiger partial charge on any atom is 0.407 e. The minimum atomic E-state index is -1.000. The van der Waals surface area contributed by atoms with E-state index in [0.717, 1.165) is 0 Å². The molecule has 1 aliphatic heterocycles. The SMILES string of the molecule is CC(CC(=O)O)C(=O)c1ccc(OCC2CNC(=O)O2)cc1. The van der Waals surface area contributed by atoms with Crippen molar-refractivity contribution in [2.24, 2.45) is 5.92 Å². The monoisotopic (exact) mass is 307 g/mol. The number of hydrogen-bond donors (Lipinski definition) is 2. The minimum Gasteiger partial charge on any atom is -0.490 e. The zero-order valence-corrected chi connectivity index (χ0v) is 12.1. The molecule has 1 aromatic rings. The summed E-state index contributed by atoms with van der Waals surface area (Å²) in [7, 11) is 0. The van der Waals surface area contributed by atoms with Crippen LogP contribution in [0.1, 0.15) is 23.7 Å². The van der Waals surface area contributed by atoms with Crippen molar-refractivity contribution in [2.75, 3.05) is 13.2 Å². The van der Waals surface area contributed by atoms with Crippen LogP contribution in [0, 0.1) is 5.92 Å². The van der Waals surface area contributed by atoms with Gasteiger partial charge in [0.05, 0.1) is 13.0 Å². The number of benzene rings is 1. The van der Waals surface area contributed by atoms with Gasteiger partial charge in [0.25, 0.3) is 0 Å². The summed E-state index contributed by atoms with van der Waals surface area (Å²) in [5.74, 6) is -1.25. The highest BCUT2D eigenvalue weighted by atomic mass is 16.6. The first-order valence-corrected chi connectivity index (χ1v) is 6.89. The van der Waals surface area contributed by atoms with Crippen LogP contribution in [-0.4, -0.2) is 42.2 Å². The molecule has 1 heterocycles. The van der Waals surface area contributed by atoms with Crippen molar-refractivity contribution in [3.05, 3.63) is 29.8 Å². The Labute approximate surface area is 127 Å². The van der Waals surface area contributed by atoms with Crippen molar-refractivity contribution in [1.82, 2.24) is 5.32 Å². The predicted molar refractivity (Wildman–Crippen MR) is 76.0 cm³/mol. The lowest BCUT2D eigenvalue weighted by Gasteiger charge is -2.11. The summed E-state index contributed by atoms with van der Waals surface area (Å²) in [6, 6.07) is 6.44. The molecule has 1 amide bonds. The number of carboxylic acids is 1. The van der Waals surface area contributed by atoms with Gasteiger partial charge >= 0.3 is 12.1 Å². The predicted octanol–water partition coefficient (Wildman–Crippen LogP) is 1.47. The summed E-state index contributed by atoms with van der Waals surface area (Å²) in [5.41, 5.74) is 0.440. The van der Waals surface area contributed by atoms with Crippen molar-refractivity contribution in [3.8, 4) is 5.75 Å². The third kappa shape index (κ3) is 4.21. The zero-order valence-electron chi connectivity index (χ0n) is 12.1. The van der Waals surface area contributed by atoms with Crippen LogP contribution < -0.4 is 10.1 Å². The Morgan fingerprint density at radius 3 is 2.64 bits per heavy atom. The van der Waals surface area contributed by atoms with Crippen molar-refractivity contribution in [2.45, 2.75) is 19.4 Å². The van der Waals surface area contributed by atoms with Gasteiger partial charge in [0, 0.05) is 11.5 Å². The largest absolute Gasteiger partial charge is 0.490 e. The van der Waals surface area contributed by atoms with Gasteiger partial charge in [-0.3, -0.25) is 9.59 Å². The van der Waals surface area contributed by atoms with Gasteiger partial charge < -0.3 is 19.9 Å². The maximum atomic E-state index is 12.0. The molecule has 118 valence electrons. The number of ketones is 1. The van der Waals surface area contributed by atoms with E-state index in [9.17, 15) is 14.4 Å². The third-order valence-electron chi connectivity index (χ3n) is 3.25. The molecule has 0 aromatic heterocycles. The number of amides is 1. The van der Waals surface area contributed by atoms with Crippen LogP contribution in [0.15, 0.2) is 24.3 Å². The van der Waals surface area contributed by atoms with E-state index in [1.165, 1.54) is 0 Å². The van der Waals surface area contributed by atoms with E-state index in [0.29, 0.717) is 17.9 Å². The van der Waals surface area contributed by atoms with Gasteiger partial charge in [-0.15, -0.1) is 0 Å². The quantitative estimate of drug-likeness (QED) is 0.740. The summed E-state index contributed by atoms with van der Waals surface area (Å²) in [4.78, 5) is 33.5. The van der Waals surface area contributed by atoms with Crippen molar-refractivity contribution in [3.63, 3.8) is 0 Å². The molecule has 2 atom stereocenters. The number of hydrogen-bond acceptors (Lipinski definition) is 5. The third-order valence-corrected chi connectivity index (χ3v) is 3.25. The minimum absolute atomic E-state index is 0.197. The lowest BCUT2D eigenvalue weighted by molar-refractivity contribution is -0.137. The van der Waals surface area contributed by atoms with Gasteiger partial charge in [-0.25, -0.2) is 4.79 Å². The van der Waals surface area contributed by atoms with Gasteiger partial charge in [-0.2, -0.15) is 0 Å². The summed E-state index contributed by atoms with van der Waals surface area (Å²) in [6.07, 6.45) is -0.983. The normalized spacial score (nSPS) is 18.2. The Hall–Kier alpha value is -2.57. The van der Waals surface area contributed by atoms with E-state index in [1.807, 2.05) is 0 Å². The van der Waals surface area contributed by atoms with E-state index >= 15 is 0 Å². The first kappa shape index (κ1) is 15.8. The van der Waals surface area contributed by atoms with E-state index in [1.54, 1.807) is 31.2 Å². The lowest BCUT2D eigenvalue weighted by Crippen LogP contribution is -2.22. The van der Waals surface area contributed by atoms with Crippen molar-refractivity contribution < 1.29 is 29.0 Å². The second kappa shape index (κ2) is 6.93. The fourth-order valence-electron chi connectivity index (χ4n) is 2.07. The fraction of sp³-hybridized carbons (Fsp3) is 0.400. The number of carbonyl (C=O) groups is 3. The molecule has 7 heteroatoms. The number of ether oxygens (including phenoxy) is 2. The number of carboxylic acid groups (broad SMARTS) is 1. The van der Waals surface area contributed by atoms with Crippen LogP contribution in [0.25, 0.3) is 0 Å². The smallest absolute Gasteiger partial charge is 0.407 e. The fourth-order valence-corrected chi connectivity index (χ4v) is 2.07. The molecular formula is C15H17NO6. The number of Topliss-reactive ketones (excluding diaryl/α,β-unsaturated/α-hetero) is 1. The molecule has 0 spiro atoms. The Bertz CT molecular complexity index is 568. The van der Waals surface area contributed by atoms with Gasteiger partial charge in [0.2, 0.25) is 0 Å². The number of aliphatic carboxylic acids is 1. The van der Waals surface area contributed by atoms with E-state index in [2.05, 4.69) is 5.32 Å². The molecule has 1 aromatic carbocycles. The first-order valence-electron chi connectivity index (χ1n) is 6.89. The highest BCUT2D eigenvalue weighted by Crippen LogP contribution is 2.17. The highest BCUT2D eigenvalue weighted by Gasteiger charge is 2.23. The van der Waals surface area contributed by atoms with Crippen LogP contribution >= 0.6 is 0 Å². The Balaban J connectivity index is 1.88. The molecule has 7 nitrogen and oxygen atoms in total. The molecule has 0 radical (unpaired) electrons. The van der Waals surface area contributed by atoms with Crippen LogP contribution in [0.4, 0.5) is 4.79 Å². The van der Waals surface area contributed by atoms with Gasteiger partial charge in [0.15, 0.2) is 11.9 Å². The van der Waals surface area contributed by atoms with E-state index in [-0.39, 0.29) is 24.9 Å². The molecule has 1 fully saturated rings. The summed E-state index contributed by atoms with van der Waals surface area (Å²) in [5, 5.41) is 11.2. The van der Waals surface area contributed by atoms with E-state index < -0.39 is 18.0 Å². The number of carbonyl (C=O) groups excluding carboxylic acids is 2. The molecule has 0 aliphatic carbocycles. The van der Waals surface area contributed by atoms with Crippen LogP contribution in [0.5, 0.6) is 5.75 Å². The van der Waals surface area contributed by atoms with Crippen LogP contribution in [-0.2, 0) is 9.53 Å². The number of alkyl carbamates (subject to hydrolysis) is 1. The van der Waals surface area contributed by atoms with Crippen LogP contribution in [0.2, 0.25) is 0 Å². The number of cyclic esters (lactones) is 1.